The molecule has 0 radical (unpaired) electrons. The molecule has 0 saturated carbocycles. The van der Waals surface area contributed by atoms with E-state index in [1.165, 1.54) is 24.3 Å². The summed E-state index contributed by atoms with van der Waals surface area (Å²) >= 11 is 0. The fraction of sp³-hybridized carbons (Fsp3) is 0.292. The minimum Gasteiger partial charge on any atom is -0.485 e. The molecule has 0 unspecified atom stereocenters. The smallest absolute Gasteiger partial charge is 0.339 e. The number of benzene rings is 2. The number of esters is 1. The molecule has 1 heterocycles. The molecular weight excluding hydrogens is 430 g/mol. The van der Waals surface area contributed by atoms with Gasteiger partial charge in [0, 0.05) is 40.6 Å². The summed E-state index contributed by atoms with van der Waals surface area (Å²) in [5, 5.41) is 11.6. The molecule has 3 rings (SSSR count). The number of nitrogens with zero attached hydrogens (tertiary/aromatic N) is 1. The molecule has 0 N–H and O–H groups in total. The lowest BCUT2D eigenvalue weighted by molar-refractivity contribution is -0.384. The molecule has 172 valence electrons. The molecule has 0 aliphatic rings. The number of nitro benzene ring substituents is 1. The van der Waals surface area contributed by atoms with Gasteiger partial charge in [-0.3, -0.25) is 19.7 Å². The third-order valence-corrected chi connectivity index (χ3v) is 5.28. The number of aryl methyl sites for hydroxylation is 2. The summed E-state index contributed by atoms with van der Waals surface area (Å²) in [5.74, 6) is -0.460. The Labute approximate surface area is 189 Å². The van der Waals surface area contributed by atoms with Crippen LogP contribution in [0.2, 0.25) is 0 Å². The van der Waals surface area contributed by atoms with Gasteiger partial charge < -0.3 is 13.9 Å². The Morgan fingerprint density at radius 2 is 1.88 bits per heavy atom. The first kappa shape index (κ1) is 23.6. The van der Waals surface area contributed by atoms with E-state index in [4.69, 9.17) is 13.9 Å². The summed E-state index contributed by atoms with van der Waals surface area (Å²) in [6, 6.07) is 8.80. The molecule has 3 aromatic rings. The Morgan fingerprint density at radius 3 is 2.58 bits per heavy atom. The normalized spacial score (nSPS) is 10.8. The van der Waals surface area contributed by atoms with Crippen LogP contribution in [0, 0.1) is 24.0 Å². The first-order valence-electron chi connectivity index (χ1n) is 10.3. The van der Waals surface area contributed by atoms with Crippen molar-refractivity contribution < 1.29 is 28.4 Å². The van der Waals surface area contributed by atoms with Gasteiger partial charge in [-0.1, -0.05) is 12.1 Å². The Hall–Kier alpha value is -4.01. The van der Waals surface area contributed by atoms with E-state index in [9.17, 15) is 24.5 Å². The second-order valence-corrected chi connectivity index (χ2v) is 7.38. The van der Waals surface area contributed by atoms with Crippen molar-refractivity contribution in [1.29, 1.82) is 0 Å². The van der Waals surface area contributed by atoms with Gasteiger partial charge in [0.25, 0.3) is 5.69 Å². The largest absolute Gasteiger partial charge is 0.485 e. The van der Waals surface area contributed by atoms with Crippen molar-refractivity contribution >= 4 is 28.4 Å². The molecule has 33 heavy (non-hydrogen) atoms. The van der Waals surface area contributed by atoms with Crippen LogP contribution in [-0.2, 0) is 16.0 Å². The van der Waals surface area contributed by atoms with Crippen LogP contribution in [0.3, 0.4) is 0 Å². The maximum atomic E-state index is 12.6. The summed E-state index contributed by atoms with van der Waals surface area (Å²) in [6.07, 6.45) is 0.281. The molecule has 9 heteroatoms. The summed E-state index contributed by atoms with van der Waals surface area (Å²) in [6.45, 7) is 5.14. The number of hydrogen-bond donors (Lipinski definition) is 0. The molecule has 0 amide bonds. The first-order chi connectivity index (χ1) is 15.7. The van der Waals surface area contributed by atoms with Gasteiger partial charge >= 0.3 is 11.6 Å². The predicted molar refractivity (Wildman–Crippen MR) is 120 cm³/mol. The van der Waals surface area contributed by atoms with Gasteiger partial charge in [-0.25, -0.2) is 4.79 Å². The third kappa shape index (κ3) is 5.25. The van der Waals surface area contributed by atoms with Crippen LogP contribution in [0.4, 0.5) is 5.69 Å². The van der Waals surface area contributed by atoms with Gasteiger partial charge in [0.1, 0.15) is 11.3 Å². The van der Waals surface area contributed by atoms with E-state index in [1.54, 1.807) is 32.9 Å². The molecule has 0 spiro atoms. The molecular formula is C24H23NO8. The second-order valence-electron chi connectivity index (χ2n) is 7.38. The van der Waals surface area contributed by atoms with Crippen LogP contribution >= 0.6 is 0 Å². The highest BCUT2D eigenvalue weighted by Crippen LogP contribution is 2.30. The highest BCUT2D eigenvalue weighted by atomic mass is 16.6. The molecule has 0 atom stereocenters. The monoisotopic (exact) mass is 453 g/mol. The van der Waals surface area contributed by atoms with Crippen molar-refractivity contribution in [2.45, 2.75) is 33.6 Å². The van der Waals surface area contributed by atoms with E-state index >= 15 is 0 Å². The van der Waals surface area contributed by atoms with Crippen LogP contribution < -0.4 is 10.4 Å². The topological polar surface area (TPSA) is 126 Å². The SMILES string of the molecule is CCOC(=O)CCc1c(C)c2ccc(OCC(=O)c3cccc([N+](=O)[O-])c3)c(C)c2oc1=O. The molecule has 2 aromatic carbocycles. The molecule has 1 aromatic heterocycles. The average molecular weight is 453 g/mol. The number of fused-ring (bicyclic) bond motifs is 1. The lowest BCUT2D eigenvalue weighted by Crippen LogP contribution is -2.15. The van der Waals surface area contributed by atoms with Crippen molar-refractivity contribution in [3.63, 3.8) is 0 Å². The van der Waals surface area contributed by atoms with Crippen molar-refractivity contribution in [1.82, 2.24) is 0 Å². The highest BCUT2D eigenvalue weighted by molar-refractivity contribution is 5.98. The Morgan fingerprint density at radius 1 is 1.12 bits per heavy atom. The lowest BCUT2D eigenvalue weighted by Gasteiger charge is -2.13. The molecule has 0 aliphatic carbocycles. The zero-order valence-electron chi connectivity index (χ0n) is 18.5. The van der Waals surface area contributed by atoms with E-state index in [2.05, 4.69) is 0 Å². The average Bonchev–Trinajstić information content (AvgIpc) is 2.79. The predicted octanol–water partition coefficient (Wildman–Crippen LogP) is 4.08. The summed E-state index contributed by atoms with van der Waals surface area (Å²) in [4.78, 5) is 47.0. The molecule has 9 nitrogen and oxygen atoms in total. The van der Waals surface area contributed by atoms with Crippen molar-refractivity contribution in [2.24, 2.45) is 0 Å². The molecule has 0 bridgehead atoms. The highest BCUT2D eigenvalue weighted by Gasteiger charge is 2.18. The summed E-state index contributed by atoms with van der Waals surface area (Å²) in [5.41, 5.74) is 1.42. The van der Waals surface area contributed by atoms with Crippen molar-refractivity contribution in [3.05, 3.63) is 79.2 Å². The summed E-state index contributed by atoms with van der Waals surface area (Å²) in [7, 11) is 0. The number of non-ortho nitro benzene ring substituents is 1. The minimum atomic E-state index is -0.573. The quantitative estimate of drug-likeness (QED) is 0.156. The number of rotatable bonds is 9. The minimum absolute atomic E-state index is 0.0743. The van der Waals surface area contributed by atoms with Gasteiger partial charge in [-0.2, -0.15) is 0 Å². The zero-order valence-corrected chi connectivity index (χ0v) is 18.5. The van der Waals surface area contributed by atoms with Crippen LogP contribution in [0.1, 0.15) is 40.4 Å². The van der Waals surface area contributed by atoms with Gasteiger partial charge in [0.15, 0.2) is 12.4 Å². The zero-order chi connectivity index (χ0) is 24.1. The number of ether oxygens (including phenoxy) is 2. The van der Waals surface area contributed by atoms with E-state index < -0.39 is 16.3 Å². The fourth-order valence-electron chi connectivity index (χ4n) is 3.50. The first-order valence-corrected chi connectivity index (χ1v) is 10.3. The van der Waals surface area contributed by atoms with Crippen LogP contribution in [0.15, 0.2) is 45.6 Å². The molecule has 0 fully saturated rings. The maximum Gasteiger partial charge on any atom is 0.339 e. The van der Waals surface area contributed by atoms with E-state index in [0.29, 0.717) is 33.4 Å². The van der Waals surface area contributed by atoms with Crippen LogP contribution in [0.5, 0.6) is 5.75 Å². The van der Waals surface area contributed by atoms with Crippen LogP contribution in [0.25, 0.3) is 11.0 Å². The van der Waals surface area contributed by atoms with E-state index in [0.717, 1.165) is 0 Å². The number of ketones is 1. The van der Waals surface area contributed by atoms with Crippen molar-refractivity contribution in [2.75, 3.05) is 13.2 Å². The number of carbonyl (C=O) groups is 2. The second kappa shape index (κ2) is 10.1. The van der Waals surface area contributed by atoms with Gasteiger partial charge in [-0.15, -0.1) is 0 Å². The number of hydrogen-bond acceptors (Lipinski definition) is 8. The Balaban J connectivity index is 1.82. The van der Waals surface area contributed by atoms with Gasteiger partial charge in [0.05, 0.1) is 11.5 Å². The molecule has 0 aliphatic heterocycles. The number of carbonyl (C=O) groups excluding carboxylic acids is 2. The number of Topliss-reactive ketones (excluding diaryl/α,β-unsaturated/α-hetero) is 1. The summed E-state index contributed by atoms with van der Waals surface area (Å²) < 4.78 is 16.1. The molecule has 0 saturated heterocycles. The fourth-order valence-corrected chi connectivity index (χ4v) is 3.50. The number of nitro groups is 1. The van der Waals surface area contributed by atoms with E-state index in [1.807, 2.05) is 0 Å². The standard InChI is InChI=1S/C24H23NO8/c1-4-31-22(27)11-9-19-14(2)18-8-10-21(15(3)23(18)33-24(19)28)32-13-20(26)16-6-5-7-17(12-16)25(29)30/h5-8,10,12H,4,9,11,13H2,1-3H3. The van der Waals surface area contributed by atoms with Crippen LogP contribution in [-0.4, -0.2) is 29.9 Å². The third-order valence-electron chi connectivity index (χ3n) is 5.28. The Kier molecular flexibility index (Phi) is 7.22. The lowest BCUT2D eigenvalue weighted by atomic mass is 10.0. The van der Waals surface area contributed by atoms with E-state index in [-0.39, 0.29) is 43.3 Å². The maximum absolute atomic E-state index is 12.6. The van der Waals surface area contributed by atoms with Gasteiger partial charge in [-0.05, 0) is 44.9 Å². The Bertz CT molecular complexity index is 1290. The van der Waals surface area contributed by atoms with Crippen molar-refractivity contribution in [3.8, 4) is 5.75 Å². The van der Waals surface area contributed by atoms with Gasteiger partial charge in [0.2, 0.25) is 0 Å².